The average Bonchev–Trinajstić information content (AvgIpc) is 2.29. The summed E-state index contributed by atoms with van der Waals surface area (Å²) in [6, 6.07) is 6.17. The molecule has 2 nitrogen and oxygen atoms in total. The van der Waals surface area contributed by atoms with Crippen LogP contribution in [0.25, 0.3) is 0 Å². The third kappa shape index (κ3) is 3.14. The molecule has 1 atom stereocenters. The van der Waals surface area contributed by atoms with Gasteiger partial charge in [0.1, 0.15) is 0 Å². The van der Waals surface area contributed by atoms with E-state index in [-0.39, 0.29) is 0 Å². The van der Waals surface area contributed by atoms with E-state index in [1.807, 2.05) is 12.1 Å². The summed E-state index contributed by atoms with van der Waals surface area (Å²) in [6.07, 6.45) is 3.73. The predicted molar refractivity (Wildman–Crippen MR) is 74.8 cm³/mol. The summed E-state index contributed by atoms with van der Waals surface area (Å²) in [7, 11) is 0. The van der Waals surface area contributed by atoms with Crippen LogP contribution in [0.5, 0.6) is 0 Å². The fraction of sp³-hybridized carbons (Fsp3) is 0.571. The molecule has 2 rings (SSSR count). The number of nitrogens with zero attached hydrogens (tertiary/aromatic N) is 1. The Morgan fingerprint density at radius 3 is 3.00 bits per heavy atom. The van der Waals surface area contributed by atoms with Crippen LogP contribution in [0, 0.1) is 12.8 Å². The van der Waals surface area contributed by atoms with Crippen LogP contribution in [0.1, 0.15) is 24.8 Å². The van der Waals surface area contributed by atoms with E-state index in [9.17, 15) is 0 Å². The van der Waals surface area contributed by atoms with Gasteiger partial charge in [-0.25, -0.2) is 0 Å². The zero-order valence-electron chi connectivity index (χ0n) is 10.5. The van der Waals surface area contributed by atoms with Crippen LogP contribution in [-0.2, 0) is 0 Å². The van der Waals surface area contributed by atoms with Crippen molar-refractivity contribution in [2.75, 3.05) is 24.5 Å². The van der Waals surface area contributed by atoms with Crippen LogP contribution in [-0.4, -0.2) is 19.6 Å². The standard InChI is InChI=1S/C14H21ClN2/c1-11-9-13(15)4-5-14(11)17-8-2-3-12(10-17)6-7-16/h4-5,9,12H,2-3,6-8,10,16H2,1H3. The van der Waals surface area contributed by atoms with Gasteiger partial charge in [0, 0.05) is 23.8 Å². The highest BCUT2D eigenvalue weighted by atomic mass is 35.5. The molecule has 0 bridgehead atoms. The van der Waals surface area contributed by atoms with Crippen LogP contribution in [0.3, 0.4) is 0 Å². The lowest BCUT2D eigenvalue weighted by atomic mass is 9.94. The van der Waals surface area contributed by atoms with Gasteiger partial charge in [-0.2, -0.15) is 0 Å². The van der Waals surface area contributed by atoms with Gasteiger partial charge in [0.25, 0.3) is 0 Å². The molecule has 1 heterocycles. The molecule has 1 saturated heterocycles. The smallest absolute Gasteiger partial charge is 0.0410 e. The number of benzene rings is 1. The van der Waals surface area contributed by atoms with Crippen LogP contribution >= 0.6 is 11.6 Å². The predicted octanol–water partition coefficient (Wildman–Crippen LogP) is 3.21. The average molecular weight is 253 g/mol. The summed E-state index contributed by atoms with van der Waals surface area (Å²) in [5.74, 6) is 0.754. The van der Waals surface area contributed by atoms with Crippen LogP contribution in [0.15, 0.2) is 18.2 Å². The van der Waals surface area contributed by atoms with Gasteiger partial charge >= 0.3 is 0 Å². The molecule has 1 aromatic carbocycles. The molecular formula is C14H21ClN2. The summed E-state index contributed by atoms with van der Waals surface area (Å²) in [5, 5.41) is 0.821. The monoisotopic (exact) mass is 252 g/mol. The molecule has 1 aliphatic rings. The van der Waals surface area contributed by atoms with Gasteiger partial charge in [0.15, 0.2) is 0 Å². The summed E-state index contributed by atoms with van der Waals surface area (Å²) < 4.78 is 0. The number of piperidine rings is 1. The number of hydrogen-bond donors (Lipinski definition) is 1. The van der Waals surface area contributed by atoms with Gasteiger partial charge in [0.05, 0.1) is 0 Å². The highest BCUT2D eigenvalue weighted by Gasteiger charge is 2.20. The Balaban J connectivity index is 2.10. The van der Waals surface area contributed by atoms with E-state index in [0.717, 1.165) is 37.0 Å². The van der Waals surface area contributed by atoms with E-state index < -0.39 is 0 Å². The molecule has 3 heteroatoms. The van der Waals surface area contributed by atoms with E-state index in [4.69, 9.17) is 17.3 Å². The molecule has 0 radical (unpaired) electrons. The van der Waals surface area contributed by atoms with Crippen molar-refractivity contribution in [1.82, 2.24) is 0 Å². The van der Waals surface area contributed by atoms with Gasteiger partial charge in [-0.05, 0) is 62.4 Å². The molecule has 0 aromatic heterocycles. The molecule has 0 aliphatic carbocycles. The highest BCUT2D eigenvalue weighted by Crippen LogP contribution is 2.28. The number of hydrogen-bond acceptors (Lipinski definition) is 2. The molecule has 1 aliphatic heterocycles. The fourth-order valence-corrected chi connectivity index (χ4v) is 2.96. The highest BCUT2D eigenvalue weighted by molar-refractivity contribution is 6.30. The number of rotatable bonds is 3. The Labute approximate surface area is 109 Å². The Hall–Kier alpha value is -0.730. The fourth-order valence-electron chi connectivity index (χ4n) is 2.73. The molecule has 1 unspecified atom stereocenters. The third-order valence-electron chi connectivity index (χ3n) is 3.59. The first kappa shape index (κ1) is 12.7. The lowest BCUT2D eigenvalue weighted by Crippen LogP contribution is -2.36. The topological polar surface area (TPSA) is 29.3 Å². The van der Waals surface area contributed by atoms with E-state index >= 15 is 0 Å². The number of anilines is 1. The second-order valence-corrected chi connectivity index (χ2v) is 5.40. The summed E-state index contributed by atoms with van der Waals surface area (Å²) in [5.41, 5.74) is 8.26. The summed E-state index contributed by atoms with van der Waals surface area (Å²) >= 11 is 6.00. The van der Waals surface area contributed by atoms with E-state index in [0.29, 0.717) is 0 Å². The minimum atomic E-state index is 0.754. The maximum atomic E-state index is 6.00. The van der Waals surface area contributed by atoms with Crippen molar-refractivity contribution in [3.05, 3.63) is 28.8 Å². The van der Waals surface area contributed by atoms with E-state index in [1.54, 1.807) is 0 Å². The molecule has 94 valence electrons. The summed E-state index contributed by atoms with van der Waals surface area (Å²) in [6.45, 7) is 5.23. The molecule has 17 heavy (non-hydrogen) atoms. The van der Waals surface area contributed by atoms with E-state index in [2.05, 4.69) is 17.9 Å². The molecule has 0 saturated carbocycles. The maximum absolute atomic E-state index is 6.00. The van der Waals surface area contributed by atoms with Crippen molar-refractivity contribution in [2.45, 2.75) is 26.2 Å². The SMILES string of the molecule is Cc1cc(Cl)ccc1N1CCCC(CCN)C1. The molecule has 0 spiro atoms. The van der Waals surface area contributed by atoms with Crippen molar-refractivity contribution in [1.29, 1.82) is 0 Å². The molecule has 2 N–H and O–H groups in total. The number of aryl methyl sites for hydroxylation is 1. The second-order valence-electron chi connectivity index (χ2n) is 4.96. The van der Waals surface area contributed by atoms with Gasteiger partial charge < -0.3 is 10.6 Å². The van der Waals surface area contributed by atoms with Gasteiger partial charge in [-0.15, -0.1) is 0 Å². The van der Waals surface area contributed by atoms with Crippen molar-refractivity contribution in [3.63, 3.8) is 0 Å². The largest absolute Gasteiger partial charge is 0.371 e. The maximum Gasteiger partial charge on any atom is 0.0410 e. The van der Waals surface area contributed by atoms with Crippen LogP contribution in [0.4, 0.5) is 5.69 Å². The first-order chi connectivity index (χ1) is 8.20. The first-order valence-electron chi connectivity index (χ1n) is 6.42. The Kier molecular flexibility index (Phi) is 4.30. The number of halogens is 1. The second kappa shape index (κ2) is 5.74. The minimum absolute atomic E-state index is 0.754. The normalized spacial score (nSPS) is 20.6. The van der Waals surface area contributed by atoms with Crippen molar-refractivity contribution < 1.29 is 0 Å². The molecule has 0 amide bonds. The van der Waals surface area contributed by atoms with Crippen molar-refractivity contribution >= 4 is 17.3 Å². The van der Waals surface area contributed by atoms with Gasteiger partial charge in [-0.3, -0.25) is 0 Å². The first-order valence-corrected chi connectivity index (χ1v) is 6.79. The van der Waals surface area contributed by atoms with E-state index in [1.165, 1.54) is 24.1 Å². The lowest BCUT2D eigenvalue weighted by Gasteiger charge is -2.35. The Morgan fingerprint density at radius 2 is 2.29 bits per heavy atom. The van der Waals surface area contributed by atoms with Crippen molar-refractivity contribution in [3.8, 4) is 0 Å². The van der Waals surface area contributed by atoms with Crippen LogP contribution < -0.4 is 10.6 Å². The molecule has 1 fully saturated rings. The lowest BCUT2D eigenvalue weighted by molar-refractivity contribution is 0.396. The zero-order valence-corrected chi connectivity index (χ0v) is 11.2. The summed E-state index contributed by atoms with van der Waals surface area (Å²) in [4.78, 5) is 2.48. The van der Waals surface area contributed by atoms with Gasteiger partial charge in [0.2, 0.25) is 0 Å². The van der Waals surface area contributed by atoms with Crippen LogP contribution in [0.2, 0.25) is 5.02 Å². The van der Waals surface area contributed by atoms with Gasteiger partial charge in [-0.1, -0.05) is 11.6 Å². The Morgan fingerprint density at radius 1 is 1.47 bits per heavy atom. The third-order valence-corrected chi connectivity index (χ3v) is 3.83. The molecular weight excluding hydrogens is 232 g/mol. The van der Waals surface area contributed by atoms with Crippen molar-refractivity contribution in [2.24, 2.45) is 11.7 Å². The minimum Gasteiger partial charge on any atom is -0.371 e. The quantitative estimate of drug-likeness (QED) is 0.895. The Bertz CT molecular complexity index is 376. The molecule has 1 aromatic rings. The zero-order chi connectivity index (χ0) is 12.3. The number of nitrogens with two attached hydrogens (primary N) is 1.